The van der Waals surface area contributed by atoms with Crippen molar-refractivity contribution in [2.45, 2.75) is 6.92 Å². The number of pyridine rings is 1. The zero-order valence-electron chi connectivity index (χ0n) is 16.2. The molecule has 2 aliphatic rings. The number of nitrogens with zero attached hydrogens (tertiary/aromatic N) is 3. The Bertz CT molecular complexity index is 978. The summed E-state index contributed by atoms with van der Waals surface area (Å²) in [6.07, 6.45) is 3.41. The summed E-state index contributed by atoms with van der Waals surface area (Å²) in [4.78, 5) is 36.8. The van der Waals surface area contributed by atoms with Crippen molar-refractivity contribution in [3.8, 4) is 0 Å². The van der Waals surface area contributed by atoms with E-state index in [0.29, 0.717) is 48.8 Å². The number of fused-ring (bicyclic) bond motifs is 2. The van der Waals surface area contributed by atoms with Crippen molar-refractivity contribution in [1.29, 1.82) is 0 Å². The van der Waals surface area contributed by atoms with Crippen LogP contribution in [0.5, 0.6) is 0 Å². The number of carbonyl (C=O) groups is 2. The number of aryl methyl sites for hydroxylation is 1. The molecule has 28 heavy (non-hydrogen) atoms. The molecule has 0 atom stereocenters. The average Bonchev–Trinajstić information content (AvgIpc) is 3.19. The Morgan fingerprint density at radius 2 is 1.82 bits per heavy atom. The van der Waals surface area contributed by atoms with Gasteiger partial charge < -0.3 is 24.8 Å². The van der Waals surface area contributed by atoms with E-state index in [1.807, 2.05) is 31.0 Å². The number of H-pyrrole nitrogens is 1. The van der Waals surface area contributed by atoms with E-state index in [0.717, 1.165) is 17.1 Å². The van der Waals surface area contributed by atoms with E-state index in [2.05, 4.69) is 15.3 Å². The van der Waals surface area contributed by atoms with Gasteiger partial charge in [-0.2, -0.15) is 0 Å². The molecule has 0 aromatic carbocycles. The first-order valence-corrected chi connectivity index (χ1v) is 9.21. The number of nitrogens with one attached hydrogen (secondary N) is 2. The number of amides is 2. The van der Waals surface area contributed by atoms with Gasteiger partial charge in [0, 0.05) is 38.4 Å². The van der Waals surface area contributed by atoms with Gasteiger partial charge in [-0.05, 0) is 25.1 Å². The first-order valence-electron chi connectivity index (χ1n) is 9.21. The van der Waals surface area contributed by atoms with Gasteiger partial charge in [0.25, 0.3) is 11.8 Å². The number of hydrogen-bond donors (Lipinski definition) is 2. The van der Waals surface area contributed by atoms with Crippen LogP contribution in [-0.2, 0) is 9.53 Å². The fourth-order valence-corrected chi connectivity index (χ4v) is 3.40. The summed E-state index contributed by atoms with van der Waals surface area (Å²) in [6.45, 7) is 4.00. The van der Waals surface area contributed by atoms with Crippen molar-refractivity contribution in [1.82, 2.24) is 14.9 Å². The molecule has 2 N–H and O–H groups in total. The molecule has 0 unspecified atom stereocenters. The minimum Gasteiger partial charge on any atom is -0.378 e. The molecule has 146 valence electrons. The molecule has 2 aromatic rings. The second-order valence-corrected chi connectivity index (χ2v) is 7.14. The van der Waals surface area contributed by atoms with Crippen molar-refractivity contribution < 1.29 is 14.3 Å². The number of anilines is 2. The quantitative estimate of drug-likeness (QED) is 0.726. The highest BCUT2D eigenvalue weighted by Gasteiger charge is 2.27. The lowest BCUT2D eigenvalue weighted by atomic mass is 10.1. The Morgan fingerprint density at radius 1 is 1.07 bits per heavy atom. The Hall–Kier alpha value is -3.13. The van der Waals surface area contributed by atoms with E-state index in [4.69, 9.17) is 4.74 Å². The number of hydrogen-bond acceptors (Lipinski definition) is 5. The van der Waals surface area contributed by atoms with Crippen LogP contribution < -0.4 is 10.2 Å². The van der Waals surface area contributed by atoms with Gasteiger partial charge in [0.1, 0.15) is 5.82 Å². The predicted molar refractivity (Wildman–Crippen MR) is 107 cm³/mol. The van der Waals surface area contributed by atoms with Crippen LogP contribution >= 0.6 is 0 Å². The second-order valence-electron chi connectivity index (χ2n) is 7.14. The van der Waals surface area contributed by atoms with Crippen LogP contribution in [0.1, 0.15) is 27.3 Å². The van der Waals surface area contributed by atoms with Crippen LogP contribution in [0.3, 0.4) is 0 Å². The summed E-state index contributed by atoms with van der Waals surface area (Å²) in [5.74, 6) is 0.444. The molecule has 2 aromatic heterocycles. The van der Waals surface area contributed by atoms with Gasteiger partial charge in [0.2, 0.25) is 0 Å². The summed E-state index contributed by atoms with van der Waals surface area (Å²) in [6, 6.07) is 3.70. The van der Waals surface area contributed by atoms with Gasteiger partial charge >= 0.3 is 0 Å². The first kappa shape index (κ1) is 18.2. The van der Waals surface area contributed by atoms with Gasteiger partial charge in [-0.15, -0.1) is 0 Å². The molecule has 2 aliphatic heterocycles. The monoisotopic (exact) mass is 381 g/mol. The van der Waals surface area contributed by atoms with E-state index >= 15 is 0 Å². The van der Waals surface area contributed by atoms with Crippen molar-refractivity contribution in [2.24, 2.45) is 0 Å². The zero-order chi connectivity index (χ0) is 19.8. The summed E-state index contributed by atoms with van der Waals surface area (Å²) in [5.41, 5.74) is 3.97. The molecule has 8 heteroatoms. The smallest absolute Gasteiger partial charge is 0.256 e. The minimum atomic E-state index is -0.205. The third-order valence-corrected chi connectivity index (χ3v) is 5.05. The van der Waals surface area contributed by atoms with Crippen molar-refractivity contribution in [3.05, 3.63) is 40.8 Å². The van der Waals surface area contributed by atoms with Gasteiger partial charge in [-0.25, -0.2) is 4.98 Å². The molecular formula is C20H23N5O3. The topological polar surface area (TPSA) is 90.6 Å². The Balaban J connectivity index is 1.85. The lowest BCUT2D eigenvalue weighted by molar-refractivity contribution is -0.110. The number of aromatic amines is 1. The van der Waals surface area contributed by atoms with Gasteiger partial charge in [0.05, 0.1) is 41.9 Å². The van der Waals surface area contributed by atoms with Crippen LogP contribution in [0, 0.1) is 6.92 Å². The highest BCUT2D eigenvalue weighted by molar-refractivity contribution is 6.35. The number of aromatic nitrogens is 2. The lowest BCUT2D eigenvalue weighted by Gasteiger charge is -2.20. The highest BCUT2D eigenvalue weighted by Crippen LogP contribution is 2.35. The van der Waals surface area contributed by atoms with E-state index in [9.17, 15) is 9.59 Å². The maximum atomic E-state index is 12.9. The summed E-state index contributed by atoms with van der Waals surface area (Å²) >= 11 is 0. The molecule has 0 saturated carbocycles. The fraction of sp³-hybridized carbons (Fsp3) is 0.350. The predicted octanol–water partition coefficient (Wildman–Crippen LogP) is 1.75. The van der Waals surface area contributed by atoms with E-state index < -0.39 is 0 Å². The normalized spacial score (nSPS) is 19.5. The first-order chi connectivity index (χ1) is 13.4. The highest BCUT2D eigenvalue weighted by atomic mass is 16.5. The lowest BCUT2D eigenvalue weighted by Crippen LogP contribution is -2.31. The molecule has 0 fully saturated rings. The Morgan fingerprint density at radius 3 is 2.61 bits per heavy atom. The van der Waals surface area contributed by atoms with E-state index in [-0.39, 0.29) is 11.8 Å². The van der Waals surface area contributed by atoms with Crippen molar-refractivity contribution in [2.75, 3.05) is 50.6 Å². The maximum absolute atomic E-state index is 12.9. The van der Waals surface area contributed by atoms with E-state index in [1.165, 1.54) is 0 Å². The number of carbonyl (C=O) groups excluding carboxylic acids is 2. The summed E-state index contributed by atoms with van der Waals surface area (Å²) in [5, 5.41) is 2.84. The maximum Gasteiger partial charge on any atom is 0.256 e. The van der Waals surface area contributed by atoms with Gasteiger partial charge in [-0.1, -0.05) is 0 Å². The van der Waals surface area contributed by atoms with Crippen molar-refractivity contribution >= 4 is 35.0 Å². The van der Waals surface area contributed by atoms with Gasteiger partial charge in [0.15, 0.2) is 0 Å². The standard InChI is InChI=1S/C20H23N5O3/c1-12-8-15-16(22-12)9-14-13-10-18(21-11-17(13)23-19(14)26)24(2)4-6-28-7-5-25(3)20(15)27/h8-11,22H,4-7H2,1-3H3,(H,23,26)/b14-9-. The van der Waals surface area contributed by atoms with Crippen LogP contribution in [0.25, 0.3) is 11.6 Å². The molecule has 0 aliphatic carbocycles. The number of ether oxygens (including phenoxy) is 1. The molecular weight excluding hydrogens is 358 g/mol. The molecule has 0 saturated heterocycles. The molecule has 8 nitrogen and oxygen atoms in total. The average molecular weight is 381 g/mol. The van der Waals surface area contributed by atoms with Crippen LogP contribution in [0.4, 0.5) is 11.5 Å². The minimum absolute atomic E-state index is 0.110. The van der Waals surface area contributed by atoms with Gasteiger partial charge in [-0.3, -0.25) is 9.59 Å². The molecule has 2 amide bonds. The summed E-state index contributed by atoms with van der Waals surface area (Å²) < 4.78 is 5.69. The number of rotatable bonds is 0. The van der Waals surface area contributed by atoms with Crippen molar-refractivity contribution in [3.63, 3.8) is 0 Å². The molecule has 0 spiro atoms. The molecule has 4 rings (SSSR count). The Labute approximate surface area is 163 Å². The van der Waals surface area contributed by atoms with E-state index in [1.54, 1.807) is 24.2 Å². The third kappa shape index (κ3) is 3.27. The fourth-order valence-electron chi connectivity index (χ4n) is 3.40. The Kier molecular flexibility index (Phi) is 4.64. The van der Waals surface area contributed by atoms with Crippen LogP contribution in [-0.4, -0.2) is 67.1 Å². The molecule has 2 bridgehead atoms. The third-order valence-electron chi connectivity index (χ3n) is 5.05. The second kappa shape index (κ2) is 7.12. The van der Waals surface area contributed by atoms with Crippen LogP contribution in [0.2, 0.25) is 0 Å². The molecule has 4 heterocycles. The summed E-state index contributed by atoms with van der Waals surface area (Å²) in [7, 11) is 3.69. The number of likely N-dealkylation sites (N-methyl/N-ethyl adjacent to an activating group) is 2. The largest absolute Gasteiger partial charge is 0.378 e. The molecule has 0 radical (unpaired) electrons. The SMILES string of the molecule is Cc1cc2c([nH]1)/C=C1\C(=O)Nc3cnc(cc31)N(C)CCOCCN(C)C2=O. The zero-order valence-corrected chi connectivity index (χ0v) is 16.2. The van der Waals surface area contributed by atoms with Crippen LogP contribution in [0.15, 0.2) is 18.3 Å².